The van der Waals surface area contributed by atoms with Crippen LogP contribution in [0.1, 0.15) is 17.3 Å². The number of nitrogens with two attached hydrogens (primary N) is 1. The minimum absolute atomic E-state index is 0.0316. The van der Waals surface area contributed by atoms with E-state index in [1.807, 2.05) is 6.07 Å². The predicted molar refractivity (Wildman–Crippen MR) is 83.5 cm³/mol. The highest BCUT2D eigenvalue weighted by molar-refractivity contribution is 14.1. The molecule has 1 aromatic rings. The minimum Gasteiger partial charge on any atom is -0.398 e. The second-order valence-electron chi connectivity index (χ2n) is 4.01. The monoisotopic (exact) mass is 364 g/mol. The lowest BCUT2D eigenvalue weighted by molar-refractivity contribution is 0.0949. The van der Waals surface area contributed by atoms with Crippen LogP contribution in [0.4, 0.5) is 5.69 Å². The lowest BCUT2D eigenvalue weighted by Gasteiger charge is -2.11. The third kappa shape index (κ3) is 4.75. The molecule has 0 saturated carbocycles. The van der Waals surface area contributed by atoms with Gasteiger partial charge < -0.3 is 11.1 Å². The number of hydrogen-bond acceptors (Lipinski definition) is 3. The van der Waals surface area contributed by atoms with E-state index in [-0.39, 0.29) is 5.91 Å². The quantitative estimate of drug-likeness (QED) is 0.624. The third-order valence-electron chi connectivity index (χ3n) is 2.32. The van der Waals surface area contributed by atoms with Crippen molar-refractivity contribution < 1.29 is 4.79 Å². The first kappa shape index (κ1) is 14.6. The van der Waals surface area contributed by atoms with E-state index < -0.39 is 0 Å². The molecule has 0 aliphatic rings. The van der Waals surface area contributed by atoms with Gasteiger partial charge in [0.15, 0.2) is 0 Å². The molecule has 5 heteroatoms. The second-order valence-corrected chi connectivity index (χ2v) is 6.08. The van der Waals surface area contributed by atoms with Crippen molar-refractivity contribution in [3.8, 4) is 0 Å². The maximum Gasteiger partial charge on any atom is 0.251 e. The number of nitrogens with one attached hydrogen (secondary N) is 1. The number of benzene rings is 1. The topological polar surface area (TPSA) is 55.1 Å². The number of carbonyl (C=O) groups is 1. The summed E-state index contributed by atoms with van der Waals surface area (Å²) in [6.45, 7) is 2.84. The molecule has 0 radical (unpaired) electrons. The molecule has 0 fully saturated rings. The minimum atomic E-state index is -0.0316. The van der Waals surface area contributed by atoms with Crippen molar-refractivity contribution in [2.75, 3.05) is 24.3 Å². The molecular weight excluding hydrogens is 347 g/mol. The lowest BCUT2D eigenvalue weighted by atomic mass is 10.1. The maximum atomic E-state index is 11.9. The summed E-state index contributed by atoms with van der Waals surface area (Å²) in [6, 6.07) is 5.33. The fourth-order valence-electron chi connectivity index (χ4n) is 1.38. The summed E-state index contributed by atoms with van der Waals surface area (Å²) in [5.41, 5.74) is 7.08. The Morgan fingerprint density at radius 1 is 1.59 bits per heavy atom. The highest BCUT2D eigenvalue weighted by Crippen LogP contribution is 2.16. The average Bonchev–Trinajstić information content (AvgIpc) is 2.30. The van der Waals surface area contributed by atoms with Crippen LogP contribution in [0.3, 0.4) is 0 Å². The van der Waals surface area contributed by atoms with Crippen LogP contribution >= 0.6 is 34.4 Å². The molecule has 0 aliphatic carbocycles. The zero-order chi connectivity index (χ0) is 12.8. The molecule has 0 spiro atoms. The second kappa shape index (κ2) is 7.10. The fraction of sp³-hybridized carbons (Fsp3) is 0.417. The van der Waals surface area contributed by atoms with Crippen LogP contribution in [-0.4, -0.2) is 24.5 Å². The first-order valence-corrected chi connectivity index (χ1v) is 7.84. The molecule has 1 rings (SSSR count). The number of amides is 1. The van der Waals surface area contributed by atoms with Gasteiger partial charge in [0, 0.05) is 21.4 Å². The molecule has 0 aromatic heterocycles. The molecule has 0 saturated heterocycles. The zero-order valence-corrected chi connectivity index (χ0v) is 13.0. The van der Waals surface area contributed by atoms with Gasteiger partial charge in [-0.05, 0) is 58.7 Å². The molecule has 3 nitrogen and oxygen atoms in total. The van der Waals surface area contributed by atoms with Crippen LogP contribution < -0.4 is 11.1 Å². The van der Waals surface area contributed by atoms with E-state index in [0.29, 0.717) is 23.7 Å². The van der Waals surface area contributed by atoms with Gasteiger partial charge in [-0.25, -0.2) is 0 Å². The lowest BCUT2D eigenvalue weighted by Crippen LogP contribution is -2.29. The van der Waals surface area contributed by atoms with Gasteiger partial charge in [0.1, 0.15) is 0 Å². The summed E-state index contributed by atoms with van der Waals surface area (Å²) < 4.78 is 0.910. The molecule has 17 heavy (non-hydrogen) atoms. The molecule has 0 heterocycles. The van der Waals surface area contributed by atoms with Crippen LogP contribution in [0.2, 0.25) is 0 Å². The van der Waals surface area contributed by atoms with E-state index in [4.69, 9.17) is 5.73 Å². The number of halogens is 1. The molecule has 94 valence electrons. The van der Waals surface area contributed by atoms with Crippen molar-refractivity contribution in [2.45, 2.75) is 6.92 Å². The van der Waals surface area contributed by atoms with Crippen molar-refractivity contribution >= 4 is 45.9 Å². The smallest absolute Gasteiger partial charge is 0.251 e. The van der Waals surface area contributed by atoms with Crippen molar-refractivity contribution in [3.05, 3.63) is 27.3 Å². The van der Waals surface area contributed by atoms with Crippen molar-refractivity contribution in [3.63, 3.8) is 0 Å². The zero-order valence-electron chi connectivity index (χ0n) is 10.00. The van der Waals surface area contributed by atoms with Crippen molar-refractivity contribution in [2.24, 2.45) is 5.92 Å². The Hall–Kier alpha value is -0.430. The SMILES string of the molecule is CSCC(C)CNC(=O)c1ccc(N)c(I)c1. The summed E-state index contributed by atoms with van der Waals surface area (Å²) in [4.78, 5) is 11.9. The Morgan fingerprint density at radius 3 is 2.88 bits per heavy atom. The normalized spacial score (nSPS) is 12.2. The first-order valence-electron chi connectivity index (χ1n) is 5.36. The standard InChI is InChI=1S/C12H17IN2OS/c1-8(7-17-2)6-15-12(16)9-3-4-11(14)10(13)5-9/h3-5,8H,6-7,14H2,1-2H3,(H,15,16). The van der Waals surface area contributed by atoms with E-state index in [9.17, 15) is 4.79 Å². The number of nitrogen functional groups attached to an aromatic ring is 1. The molecule has 1 aromatic carbocycles. The molecule has 0 bridgehead atoms. The van der Waals surface area contributed by atoms with E-state index >= 15 is 0 Å². The van der Waals surface area contributed by atoms with Gasteiger partial charge in [0.2, 0.25) is 0 Å². The van der Waals surface area contributed by atoms with Crippen LogP contribution in [0.5, 0.6) is 0 Å². The average molecular weight is 364 g/mol. The molecule has 1 amide bonds. The van der Waals surface area contributed by atoms with Gasteiger partial charge in [0.25, 0.3) is 5.91 Å². The largest absolute Gasteiger partial charge is 0.398 e. The number of carbonyl (C=O) groups excluding carboxylic acids is 1. The highest BCUT2D eigenvalue weighted by atomic mass is 127. The van der Waals surface area contributed by atoms with Gasteiger partial charge in [-0.2, -0.15) is 11.8 Å². The van der Waals surface area contributed by atoms with Gasteiger partial charge in [-0.3, -0.25) is 4.79 Å². The van der Waals surface area contributed by atoms with Gasteiger partial charge in [-0.1, -0.05) is 6.92 Å². The molecule has 1 unspecified atom stereocenters. The summed E-state index contributed by atoms with van der Waals surface area (Å²) in [6.07, 6.45) is 2.07. The van der Waals surface area contributed by atoms with E-state index in [2.05, 4.69) is 41.1 Å². The van der Waals surface area contributed by atoms with E-state index in [0.717, 1.165) is 9.32 Å². The van der Waals surface area contributed by atoms with Gasteiger partial charge >= 0.3 is 0 Å². The van der Waals surface area contributed by atoms with Gasteiger partial charge in [-0.15, -0.1) is 0 Å². The van der Waals surface area contributed by atoms with Crippen LogP contribution in [-0.2, 0) is 0 Å². The van der Waals surface area contributed by atoms with Crippen LogP contribution in [0.15, 0.2) is 18.2 Å². The third-order valence-corrected chi connectivity index (χ3v) is 4.16. The summed E-state index contributed by atoms with van der Waals surface area (Å²) >= 11 is 3.92. The van der Waals surface area contributed by atoms with Gasteiger partial charge in [0.05, 0.1) is 0 Å². The fourth-order valence-corrected chi connectivity index (χ4v) is 2.58. The Labute approximate surface area is 120 Å². The maximum absolute atomic E-state index is 11.9. The molecule has 3 N–H and O–H groups in total. The Bertz CT molecular complexity index is 398. The summed E-state index contributed by atoms with van der Waals surface area (Å²) in [7, 11) is 0. The number of hydrogen-bond donors (Lipinski definition) is 2. The van der Waals surface area contributed by atoms with E-state index in [1.54, 1.807) is 23.9 Å². The van der Waals surface area contributed by atoms with Crippen molar-refractivity contribution in [1.29, 1.82) is 0 Å². The number of rotatable bonds is 5. The Balaban J connectivity index is 2.55. The molecule has 1 atom stereocenters. The van der Waals surface area contributed by atoms with Crippen LogP contribution in [0, 0.1) is 9.49 Å². The Kier molecular flexibility index (Phi) is 6.11. The first-order chi connectivity index (χ1) is 8.04. The molecular formula is C12H17IN2OS. The van der Waals surface area contributed by atoms with Crippen molar-refractivity contribution in [1.82, 2.24) is 5.32 Å². The highest BCUT2D eigenvalue weighted by Gasteiger charge is 2.08. The Morgan fingerprint density at radius 2 is 2.29 bits per heavy atom. The summed E-state index contributed by atoms with van der Waals surface area (Å²) in [5, 5.41) is 2.93. The van der Waals surface area contributed by atoms with Crippen LogP contribution in [0.25, 0.3) is 0 Å². The summed E-state index contributed by atoms with van der Waals surface area (Å²) in [5.74, 6) is 1.51. The number of anilines is 1. The molecule has 0 aliphatic heterocycles. The predicted octanol–water partition coefficient (Wildman–Crippen LogP) is 2.60. The number of thioether (sulfide) groups is 1. The van der Waals surface area contributed by atoms with E-state index in [1.165, 1.54) is 0 Å².